The van der Waals surface area contributed by atoms with Crippen molar-refractivity contribution in [3.63, 3.8) is 0 Å². The lowest BCUT2D eigenvalue weighted by atomic mass is 10.2. The zero-order chi connectivity index (χ0) is 16.2. The maximum absolute atomic E-state index is 12.4. The molecule has 2 aromatic carbocycles. The predicted molar refractivity (Wildman–Crippen MR) is 76.3 cm³/mol. The minimum absolute atomic E-state index is 0.0552. The molecule has 0 amide bonds. The second-order valence-electron chi connectivity index (χ2n) is 4.54. The molecule has 0 aliphatic carbocycles. The average molecular weight is 328 g/mol. The first-order valence-corrected chi connectivity index (χ1v) is 7.91. The van der Waals surface area contributed by atoms with Crippen molar-refractivity contribution in [1.82, 2.24) is 0 Å². The molecule has 7 heteroatoms. The predicted octanol–water partition coefficient (Wildman–Crippen LogP) is 2.75. The Morgan fingerprint density at radius 3 is 2.00 bits per heavy atom. The van der Waals surface area contributed by atoms with E-state index < -0.39 is 20.5 Å². The molecule has 1 N–H and O–H groups in total. The van der Waals surface area contributed by atoms with Gasteiger partial charge in [0.1, 0.15) is 12.4 Å². The monoisotopic (exact) mass is 328 g/mol. The molecule has 0 unspecified atom stereocenters. The minimum atomic E-state index is -4.57. The third kappa shape index (κ3) is 3.80. The highest BCUT2D eigenvalue weighted by Gasteiger charge is 2.26. The van der Waals surface area contributed by atoms with E-state index in [1.165, 1.54) is 12.1 Å². The molecular formula is C15H14F2O4S. The molecule has 22 heavy (non-hydrogen) atoms. The maximum Gasteiger partial charge on any atom is 0.341 e. The van der Waals surface area contributed by atoms with Gasteiger partial charge in [0.05, 0.1) is 11.5 Å². The minimum Gasteiger partial charge on any atom is -0.489 e. The normalized spacial score (nSPS) is 11.6. The first-order chi connectivity index (χ1) is 10.4. The van der Waals surface area contributed by atoms with Crippen molar-refractivity contribution in [1.29, 1.82) is 0 Å². The van der Waals surface area contributed by atoms with Crippen LogP contribution in [0.3, 0.4) is 0 Å². The summed E-state index contributed by atoms with van der Waals surface area (Å²) in [4.78, 5) is -0.418. The van der Waals surface area contributed by atoms with Gasteiger partial charge in [-0.15, -0.1) is 0 Å². The summed E-state index contributed by atoms with van der Waals surface area (Å²) in [6.07, 6.45) is 0. The zero-order valence-corrected chi connectivity index (χ0v) is 12.3. The average Bonchev–Trinajstić information content (AvgIpc) is 2.53. The van der Waals surface area contributed by atoms with Crippen LogP contribution in [0.2, 0.25) is 0 Å². The van der Waals surface area contributed by atoms with Crippen molar-refractivity contribution < 1.29 is 27.0 Å². The number of hydrogen-bond donors (Lipinski definition) is 1. The molecule has 0 saturated carbocycles. The topological polar surface area (TPSA) is 63.6 Å². The fourth-order valence-corrected chi connectivity index (χ4v) is 2.46. The molecule has 118 valence electrons. The summed E-state index contributed by atoms with van der Waals surface area (Å²) in [6.45, 7) is 0.119. The number of alkyl halides is 2. The highest BCUT2D eigenvalue weighted by atomic mass is 32.2. The van der Waals surface area contributed by atoms with Gasteiger partial charge in [-0.2, -0.15) is 8.78 Å². The van der Waals surface area contributed by atoms with E-state index in [0.29, 0.717) is 11.3 Å². The summed E-state index contributed by atoms with van der Waals surface area (Å²) in [5.41, 5.74) is 1.41. The van der Waals surface area contributed by atoms with Crippen LogP contribution in [0, 0.1) is 0 Å². The smallest absolute Gasteiger partial charge is 0.341 e. The number of rotatable bonds is 6. The van der Waals surface area contributed by atoms with Gasteiger partial charge in [-0.1, -0.05) is 24.3 Å². The fourth-order valence-electron chi connectivity index (χ4n) is 1.74. The van der Waals surface area contributed by atoms with Gasteiger partial charge in [0.2, 0.25) is 9.84 Å². The Morgan fingerprint density at radius 1 is 0.955 bits per heavy atom. The highest BCUT2D eigenvalue weighted by Crippen LogP contribution is 2.19. The first-order valence-electron chi connectivity index (χ1n) is 6.37. The van der Waals surface area contributed by atoms with E-state index in [1.807, 2.05) is 0 Å². The Kier molecular flexibility index (Phi) is 5.10. The summed E-state index contributed by atoms with van der Waals surface area (Å²) >= 11 is 0. The second-order valence-corrected chi connectivity index (χ2v) is 6.46. The van der Waals surface area contributed by atoms with Crippen LogP contribution in [0.4, 0.5) is 8.78 Å². The number of ether oxygens (including phenoxy) is 1. The summed E-state index contributed by atoms with van der Waals surface area (Å²) in [5.74, 6) is -2.85. The molecule has 4 nitrogen and oxygen atoms in total. The Morgan fingerprint density at radius 2 is 1.50 bits per heavy atom. The van der Waals surface area contributed by atoms with Crippen LogP contribution in [-0.2, 0) is 23.1 Å². The van der Waals surface area contributed by atoms with Crippen LogP contribution in [0.15, 0.2) is 53.4 Å². The number of aliphatic hydroxyl groups is 1. The lowest BCUT2D eigenvalue weighted by molar-refractivity contribution is 0.234. The SMILES string of the molecule is O=S(=O)(c1ccc(COc2ccc(CO)cc2)cc1)C(F)F. The van der Waals surface area contributed by atoms with Crippen LogP contribution < -0.4 is 4.74 Å². The molecule has 0 fully saturated rings. The Labute approximate surface area is 126 Å². The summed E-state index contributed by atoms with van der Waals surface area (Å²) in [7, 11) is -4.57. The first kappa shape index (κ1) is 16.4. The van der Waals surface area contributed by atoms with Crippen molar-refractivity contribution in [3.05, 3.63) is 59.7 Å². The van der Waals surface area contributed by atoms with Crippen molar-refractivity contribution in [2.75, 3.05) is 0 Å². The van der Waals surface area contributed by atoms with Crippen LogP contribution >= 0.6 is 0 Å². The van der Waals surface area contributed by atoms with E-state index in [4.69, 9.17) is 9.84 Å². The molecular weight excluding hydrogens is 314 g/mol. The molecule has 0 heterocycles. The Hall–Kier alpha value is -1.99. The fraction of sp³-hybridized carbons (Fsp3) is 0.200. The highest BCUT2D eigenvalue weighted by molar-refractivity contribution is 7.91. The van der Waals surface area contributed by atoms with E-state index >= 15 is 0 Å². The van der Waals surface area contributed by atoms with E-state index in [9.17, 15) is 17.2 Å². The zero-order valence-electron chi connectivity index (χ0n) is 11.4. The van der Waals surface area contributed by atoms with Crippen molar-refractivity contribution in [2.45, 2.75) is 23.9 Å². The molecule has 2 rings (SSSR count). The van der Waals surface area contributed by atoms with Gasteiger partial charge in [0.15, 0.2) is 0 Å². The van der Waals surface area contributed by atoms with Gasteiger partial charge in [-0.05, 0) is 35.4 Å². The Bertz CT molecular complexity index is 710. The maximum atomic E-state index is 12.4. The molecule has 0 aliphatic rings. The van der Waals surface area contributed by atoms with E-state index in [0.717, 1.165) is 17.7 Å². The van der Waals surface area contributed by atoms with E-state index in [1.54, 1.807) is 24.3 Å². The third-order valence-corrected chi connectivity index (χ3v) is 4.40. The van der Waals surface area contributed by atoms with Crippen LogP contribution in [0.25, 0.3) is 0 Å². The van der Waals surface area contributed by atoms with Crippen molar-refractivity contribution >= 4 is 9.84 Å². The summed E-state index contributed by atoms with van der Waals surface area (Å²) < 4.78 is 52.8. The lowest BCUT2D eigenvalue weighted by Crippen LogP contribution is -2.11. The molecule has 0 radical (unpaired) electrons. The van der Waals surface area contributed by atoms with Crippen LogP contribution in [0.1, 0.15) is 11.1 Å². The molecule has 0 atom stereocenters. The van der Waals surface area contributed by atoms with Gasteiger partial charge in [0, 0.05) is 0 Å². The van der Waals surface area contributed by atoms with Crippen LogP contribution in [0.5, 0.6) is 5.75 Å². The molecule has 0 aliphatic heterocycles. The van der Waals surface area contributed by atoms with Gasteiger partial charge < -0.3 is 9.84 Å². The van der Waals surface area contributed by atoms with E-state index in [-0.39, 0.29) is 13.2 Å². The quantitative estimate of drug-likeness (QED) is 0.886. The van der Waals surface area contributed by atoms with Crippen LogP contribution in [-0.4, -0.2) is 19.3 Å². The third-order valence-electron chi connectivity index (χ3n) is 3.00. The van der Waals surface area contributed by atoms with Gasteiger partial charge in [-0.25, -0.2) is 8.42 Å². The van der Waals surface area contributed by atoms with E-state index in [2.05, 4.69) is 0 Å². The standard InChI is InChI=1S/C15H14F2O4S/c16-15(17)22(19,20)14-7-3-12(4-8-14)10-21-13-5-1-11(9-18)2-6-13/h1-8,15,18H,9-10H2. The van der Waals surface area contributed by atoms with Crippen molar-refractivity contribution in [2.24, 2.45) is 0 Å². The molecule has 2 aromatic rings. The number of aliphatic hydroxyl groups excluding tert-OH is 1. The number of benzene rings is 2. The molecule has 0 saturated heterocycles. The Balaban J connectivity index is 2.02. The lowest BCUT2D eigenvalue weighted by Gasteiger charge is -2.08. The number of sulfone groups is 1. The van der Waals surface area contributed by atoms with Gasteiger partial charge in [0.25, 0.3) is 0 Å². The summed E-state index contributed by atoms with van der Waals surface area (Å²) in [5, 5.41) is 8.92. The molecule has 0 spiro atoms. The summed E-state index contributed by atoms with van der Waals surface area (Å²) in [6, 6.07) is 11.9. The molecule has 0 aromatic heterocycles. The second kappa shape index (κ2) is 6.85. The molecule has 0 bridgehead atoms. The van der Waals surface area contributed by atoms with Gasteiger partial charge in [-0.3, -0.25) is 0 Å². The van der Waals surface area contributed by atoms with Gasteiger partial charge >= 0.3 is 5.76 Å². The number of hydrogen-bond acceptors (Lipinski definition) is 4. The van der Waals surface area contributed by atoms with Crippen molar-refractivity contribution in [3.8, 4) is 5.75 Å². The largest absolute Gasteiger partial charge is 0.489 e. The number of halogens is 2.